The van der Waals surface area contributed by atoms with E-state index in [4.69, 9.17) is 11.6 Å². The predicted molar refractivity (Wildman–Crippen MR) is 54.2 cm³/mol. The second-order valence-corrected chi connectivity index (χ2v) is 4.09. The van der Waals surface area contributed by atoms with Crippen molar-refractivity contribution in [2.24, 2.45) is 0 Å². The van der Waals surface area contributed by atoms with Gasteiger partial charge < -0.3 is 5.32 Å². The molecule has 0 saturated carbocycles. The highest BCUT2D eigenvalue weighted by Crippen LogP contribution is 2.13. The van der Waals surface area contributed by atoms with Gasteiger partial charge in [0.25, 0.3) is 0 Å². The van der Waals surface area contributed by atoms with E-state index in [9.17, 15) is 12.3 Å². The summed E-state index contributed by atoms with van der Waals surface area (Å²) in [5, 5.41) is 3.57. The number of halogens is 2. The molecule has 0 amide bonds. The van der Waals surface area contributed by atoms with Crippen LogP contribution in [0, 0.1) is 0 Å². The van der Waals surface area contributed by atoms with Gasteiger partial charge in [0.15, 0.2) is 0 Å². The number of rotatable bonds is 3. The van der Waals surface area contributed by atoms with E-state index in [2.05, 4.69) is 5.32 Å². The fraction of sp³-hybridized carbons (Fsp3) is 0. The van der Waals surface area contributed by atoms with Crippen molar-refractivity contribution in [3.63, 3.8) is 0 Å². The zero-order valence-corrected chi connectivity index (χ0v) is 8.52. The average Bonchev–Trinajstić information content (AvgIpc) is 2.06. The topological polar surface area (TPSA) is 46.2 Å². The smallest absolute Gasteiger partial charge is 0.326 e. The molecule has 0 aliphatic rings. The third-order valence-electron chi connectivity index (χ3n) is 1.32. The summed E-state index contributed by atoms with van der Waals surface area (Å²) in [5.41, 5.74) is 0.620. The minimum Gasteiger partial charge on any atom is -0.361 e. The molecule has 1 N–H and O–H groups in total. The van der Waals surface area contributed by atoms with Gasteiger partial charge in [0.2, 0.25) is 0 Å². The van der Waals surface area contributed by atoms with Gasteiger partial charge >= 0.3 is 10.2 Å². The quantitative estimate of drug-likeness (QED) is 0.819. The van der Waals surface area contributed by atoms with E-state index < -0.39 is 10.2 Å². The van der Waals surface area contributed by atoms with Crippen molar-refractivity contribution in [1.82, 2.24) is 0 Å². The Labute approximate surface area is 86.4 Å². The lowest BCUT2D eigenvalue weighted by atomic mass is 10.3. The van der Waals surface area contributed by atoms with Crippen molar-refractivity contribution >= 4 is 27.5 Å². The van der Waals surface area contributed by atoms with Gasteiger partial charge in [-0.2, -0.15) is 8.42 Å². The minimum absolute atomic E-state index is 0.432. The fourth-order valence-electron chi connectivity index (χ4n) is 0.758. The van der Waals surface area contributed by atoms with Crippen molar-refractivity contribution in [1.29, 1.82) is 0 Å². The maximum atomic E-state index is 12.0. The maximum Gasteiger partial charge on any atom is 0.326 e. The van der Waals surface area contributed by atoms with Crippen LogP contribution in [0.1, 0.15) is 0 Å². The summed E-state index contributed by atoms with van der Waals surface area (Å²) in [7, 11) is -4.57. The summed E-state index contributed by atoms with van der Waals surface area (Å²) in [6.07, 6.45) is 0.999. The Balaban J connectivity index is 2.63. The van der Waals surface area contributed by atoms with E-state index >= 15 is 0 Å². The zero-order valence-electron chi connectivity index (χ0n) is 6.94. The molecule has 0 aromatic heterocycles. The Hall–Kier alpha value is -1.07. The predicted octanol–water partition coefficient (Wildman–Crippen LogP) is 2.52. The van der Waals surface area contributed by atoms with Crippen molar-refractivity contribution in [2.75, 3.05) is 5.32 Å². The lowest BCUT2D eigenvalue weighted by Crippen LogP contribution is -1.89. The summed E-state index contributed by atoms with van der Waals surface area (Å²) in [6.45, 7) is 0. The average molecular weight is 236 g/mol. The van der Waals surface area contributed by atoms with E-state index in [-0.39, 0.29) is 0 Å². The standard InChI is InChI=1S/C8H7ClFNO2S/c9-7-1-3-8(4-2-7)11-5-6-14(10,12)13/h1-6,11H. The molecule has 0 atom stereocenters. The molecular formula is C8H7ClFNO2S. The highest BCUT2D eigenvalue weighted by molar-refractivity contribution is 7.89. The van der Waals surface area contributed by atoms with Gasteiger partial charge in [-0.05, 0) is 24.3 Å². The van der Waals surface area contributed by atoms with Crippen LogP contribution < -0.4 is 5.32 Å². The van der Waals surface area contributed by atoms with Gasteiger partial charge in [0, 0.05) is 16.9 Å². The van der Waals surface area contributed by atoms with Crippen molar-refractivity contribution in [2.45, 2.75) is 0 Å². The third-order valence-corrected chi connectivity index (χ3v) is 2.04. The maximum absolute atomic E-state index is 12.0. The lowest BCUT2D eigenvalue weighted by molar-refractivity contribution is 0.563. The van der Waals surface area contributed by atoms with E-state index in [1.807, 2.05) is 0 Å². The van der Waals surface area contributed by atoms with E-state index in [1.165, 1.54) is 0 Å². The molecule has 1 rings (SSSR count). The molecule has 0 heterocycles. The summed E-state index contributed by atoms with van der Waals surface area (Å²) in [5.74, 6) is 0. The van der Waals surface area contributed by atoms with Crippen molar-refractivity contribution in [3.8, 4) is 0 Å². The van der Waals surface area contributed by atoms with Gasteiger partial charge in [-0.25, -0.2) is 0 Å². The van der Waals surface area contributed by atoms with Gasteiger partial charge in [-0.15, -0.1) is 3.89 Å². The van der Waals surface area contributed by atoms with E-state index in [0.717, 1.165) is 6.20 Å². The second kappa shape index (κ2) is 4.43. The molecule has 1 aromatic rings. The van der Waals surface area contributed by atoms with Crippen LogP contribution in [0.25, 0.3) is 0 Å². The molecule has 0 aliphatic heterocycles. The highest BCUT2D eigenvalue weighted by Gasteiger charge is 1.97. The first-order valence-electron chi connectivity index (χ1n) is 3.61. The molecule has 0 aliphatic carbocycles. The van der Waals surface area contributed by atoms with Crippen molar-refractivity contribution < 1.29 is 12.3 Å². The Morgan fingerprint density at radius 1 is 1.29 bits per heavy atom. The van der Waals surface area contributed by atoms with Crippen LogP contribution in [0.2, 0.25) is 5.02 Å². The number of nitrogens with one attached hydrogen (secondary N) is 1. The van der Waals surface area contributed by atoms with Gasteiger partial charge in [0.1, 0.15) is 0 Å². The molecule has 1 aromatic carbocycles. The number of hydrogen-bond acceptors (Lipinski definition) is 3. The number of hydrogen-bond donors (Lipinski definition) is 1. The Morgan fingerprint density at radius 3 is 2.36 bits per heavy atom. The molecule has 0 spiro atoms. The zero-order chi connectivity index (χ0) is 10.6. The van der Waals surface area contributed by atoms with Crippen molar-refractivity contribution in [3.05, 3.63) is 40.9 Å². The first-order valence-corrected chi connectivity index (χ1v) is 5.43. The van der Waals surface area contributed by atoms with Gasteiger partial charge in [-0.3, -0.25) is 0 Å². The molecule has 0 bridgehead atoms. The summed E-state index contributed by atoms with van der Waals surface area (Å²) < 4.78 is 32.1. The minimum atomic E-state index is -4.57. The first-order chi connectivity index (χ1) is 6.47. The van der Waals surface area contributed by atoms with Crippen LogP contribution >= 0.6 is 11.6 Å². The van der Waals surface area contributed by atoms with Crippen LogP contribution in [0.4, 0.5) is 9.57 Å². The SMILES string of the molecule is O=S(=O)(F)C=CNc1ccc(Cl)cc1. The Kier molecular flexibility index (Phi) is 3.49. The second-order valence-electron chi connectivity index (χ2n) is 2.43. The van der Waals surface area contributed by atoms with Gasteiger partial charge in [0.05, 0.1) is 5.41 Å². The van der Waals surface area contributed by atoms with Crippen LogP contribution in [-0.2, 0) is 10.2 Å². The number of anilines is 1. The van der Waals surface area contributed by atoms with Crippen LogP contribution in [-0.4, -0.2) is 8.42 Å². The molecule has 76 valence electrons. The van der Waals surface area contributed by atoms with Crippen LogP contribution in [0.3, 0.4) is 0 Å². The molecule has 3 nitrogen and oxygen atoms in total. The van der Waals surface area contributed by atoms with E-state index in [1.54, 1.807) is 24.3 Å². The summed E-state index contributed by atoms with van der Waals surface area (Å²) >= 11 is 5.62. The van der Waals surface area contributed by atoms with Crippen LogP contribution in [0.5, 0.6) is 0 Å². The fourth-order valence-corrected chi connectivity index (χ4v) is 1.11. The summed E-state index contributed by atoms with van der Waals surface area (Å²) in [6, 6.07) is 6.53. The molecule has 0 saturated heterocycles. The third kappa shape index (κ3) is 4.25. The largest absolute Gasteiger partial charge is 0.361 e. The normalized spacial score (nSPS) is 11.9. The molecule has 6 heteroatoms. The van der Waals surface area contributed by atoms with E-state index in [0.29, 0.717) is 16.1 Å². The molecule has 0 fully saturated rings. The Morgan fingerprint density at radius 2 is 1.86 bits per heavy atom. The monoisotopic (exact) mass is 235 g/mol. The molecule has 14 heavy (non-hydrogen) atoms. The molecular weight excluding hydrogens is 229 g/mol. The van der Waals surface area contributed by atoms with Crippen LogP contribution in [0.15, 0.2) is 35.9 Å². The lowest BCUT2D eigenvalue weighted by Gasteiger charge is -1.98. The summed E-state index contributed by atoms with van der Waals surface area (Å²) in [4.78, 5) is 0. The molecule has 0 unspecified atom stereocenters. The Bertz CT molecular complexity index is 427. The number of benzene rings is 1. The first kappa shape index (κ1) is 11.0. The van der Waals surface area contributed by atoms with Gasteiger partial charge in [-0.1, -0.05) is 11.6 Å². The molecule has 0 radical (unpaired) electrons. The highest BCUT2D eigenvalue weighted by atomic mass is 35.5.